The van der Waals surface area contributed by atoms with E-state index in [0.717, 1.165) is 22.2 Å². The average molecular weight is 422 g/mol. The van der Waals surface area contributed by atoms with Crippen LogP contribution in [0.15, 0.2) is 34.1 Å². The van der Waals surface area contributed by atoms with Crippen molar-refractivity contribution in [2.75, 3.05) is 11.9 Å². The molecule has 25 heavy (non-hydrogen) atoms. The van der Waals surface area contributed by atoms with Crippen molar-refractivity contribution in [2.45, 2.75) is 32.7 Å². The summed E-state index contributed by atoms with van der Waals surface area (Å²) >= 11 is 4.84. The highest BCUT2D eigenvalue weighted by molar-refractivity contribution is 9.10. The zero-order valence-electron chi connectivity index (χ0n) is 14.2. The topological polar surface area (TPSA) is 62.3 Å². The smallest absolute Gasteiger partial charge is 0.249 e. The molecule has 0 spiro atoms. The summed E-state index contributed by atoms with van der Waals surface area (Å²) in [5.74, 6) is -0.0604. The first-order valence-corrected chi connectivity index (χ1v) is 9.95. The normalized spacial score (nSPS) is 15.7. The van der Waals surface area contributed by atoms with Gasteiger partial charge in [0, 0.05) is 28.4 Å². The van der Waals surface area contributed by atoms with E-state index in [-0.39, 0.29) is 17.7 Å². The van der Waals surface area contributed by atoms with Gasteiger partial charge in [-0.05, 0) is 24.5 Å². The van der Waals surface area contributed by atoms with Crippen LogP contribution in [0.5, 0.6) is 0 Å². The van der Waals surface area contributed by atoms with Crippen molar-refractivity contribution in [2.24, 2.45) is 5.92 Å². The number of amides is 2. The summed E-state index contributed by atoms with van der Waals surface area (Å²) in [7, 11) is 0. The lowest BCUT2D eigenvalue weighted by Crippen LogP contribution is -2.47. The van der Waals surface area contributed by atoms with Gasteiger partial charge in [-0.25, -0.2) is 4.98 Å². The molecule has 1 N–H and O–H groups in total. The molecule has 3 rings (SSSR count). The molecule has 2 heterocycles. The Labute approximate surface area is 159 Å². The van der Waals surface area contributed by atoms with Gasteiger partial charge < -0.3 is 10.2 Å². The number of carbonyl (C=O) groups is 2. The van der Waals surface area contributed by atoms with Crippen molar-refractivity contribution in [3.05, 3.63) is 34.1 Å². The summed E-state index contributed by atoms with van der Waals surface area (Å²) in [6.45, 7) is 4.57. The molecule has 0 saturated carbocycles. The van der Waals surface area contributed by atoms with Gasteiger partial charge in [-0.2, -0.15) is 0 Å². The van der Waals surface area contributed by atoms with Crippen LogP contribution in [-0.4, -0.2) is 34.3 Å². The molecule has 5 nitrogen and oxygen atoms in total. The molecule has 2 aromatic rings. The van der Waals surface area contributed by atoms with Crippen LogP contribution >= 0.6 is 27.3 Å². The zero-order chi connectivity index (χ0) is 18.0. The first kappa shape index (κ1) is 18.1. The van der Waals surface area contributed by atoms with Crippen LogP contribution in [0.2, 0.25) is 0 Å². The minimum Gasteiger partial charge on any atom is -0.330 e. The number of hydrogen-bond donors (Lipinski definition) is 1. The third kappa shape index (κ3) is 4.10. The van der Waals surface area contributed by atoms with E-state index in [2.05, 4.69) is 26.2 Å². The van der Waals surface area contributed by atoms with Crippen LogP contribution in [0.4, 0.5) is 5.13 Å². The Bertz CT molecular complexity index is 790. The minimum absolute atomic E-state index is 0.0477. The molecule has 1 fully saturated rings. The van der Waals surface area contributed by atoms with Gasteiger partial charge in [-0.3, -0.25) is 9.59 Å². The lowest BCUT2D eigenvalue weighted by atomic mass is 10.0. The highest BCUT2D eigenvalue weighted by Crippen LogP contribution is 2.28. The molecule has 1 atom stereocenters. The molecule has 2 amide bonds. The van der Waals surface area contributed by atoms with E-state index in [4.69, 9.17) is 0 Å². The molecule has 7 heteroatoms. The van der Waals surface area contributed by atoms with Gasteiger partial charge in [0.1, 0.15) is 6.04 Å². The Morgan fingerprint density at radius 2 is 2.20 bits per heavy atom. The molecule has 1 aromatic carbocycles. The third-order valence-corrected chi connectivity index (χ3v) is 5.45. The molecule has 1 aromatic heterocycles. The van der Waals surface area contributed by atoms with Crippen LogP contribution in [0.1, 0.15) is 26.7 Å². The number of benzene rings is 1. The first-order valence-electron chi connectivity index (χ1n) is 8.27. The number of likely N-dealkylation sites (tertiary alicyclic amines) is 1. The predicted molar refractivity (Wildman–Crippen MR) is 103 cm³/mol. The van der Waals surface area contributed by atoms with Crippen molar-refractivity contribution < 1.29 is 9.59 Å². The Kier molecular flexibility index (Phi) is 5.54. The van der Waals surface area contributed by atoms with Gasteiger partial charge in [0.25, 0.3) is 0 Å². The molecular weight excluding hydrogens is 402 g/mol. The summed E-state index contributed by atoms with van der Waals surface area (Å²) in [4.78, 5) is 31.0. The Hall–Kier alpha value is -1.73. The number of halogens is 1. The number of thiazole rings is 1. The first-order chi connectivity index (χ1) is 12.0. The predicted octanol–water partition coefficient (Wildman–Crippen LogP) is 4.16. The summed E-state index contributed by atoms with van der Waals surface area (Å²) in [6, 6.07) is 7.42. The fourth-order valence-corrected chi connectivity index (χ4v) is 4.18. The molecule has 0 radical (unpaired) electrons. The number of carbonyl (C=O) groups excluding carboxylic acids is 2. The summed E-state index contributed by atoms with van der Waals surface area (Å²) in [6.07, 6.45) is 1.35. The Balaban J connectivity index is 1.75. The van der Waals surface area contributed by atoms with Gasteiger partial charge in [0.2, 0.25) is 11.8 Å². The van der Waals surface area contributed by atoms with Crippen molar-refractivity contribution in [1.29, 1.82) is 0 Å². The van der Waals surface area contributed by atoms with Crippen LogP contribution in [0, 0.1) is 5.92 Å². The van der Waals surface area contributed by atoms with Crippen LogP contribution < -0.4 is 5.32 Å². The van der Waals surface area contributed by atoms with Crippen LogP contribution in [0.25, 0.3) is 11.3 Å². The summed E-state index contributed by atoms with van der Waals surface area (Å²) in [5, 5.41) is 5.36. The largest absolute Gasteiger partial charge is 0.330 e. The number of aromatic nitrogens is 1. The van der Waals surface area contributed by atoms with E-state index in [1.165, 1.54) is 11.3 Å². The van der Waals surface area contributed by atoms with Crippen molar-refractivity contribution in [3.8, 4) is 11.3 Å². The highest BCUT2D eigenvalue weighted by Gasteiger charge is 2.35. The monoisotopic (exact) mass is 421 g/mol. The molecule has 0 bridgehead atoms. The Morgan fingerprint density at radius 3 is 2.84 bits per heavy atom. The summed E-state index contributed by atoms with van der Waals surface area (Å²) in [5.41, 5.74) is 1.81. The maximum atomic E-state index is 12.7. The highest BCUT2D eigenvalue weighted by atomic mass is 79.9. The number of rotatable bonds is 5. The van der Waals surface area contributed by atoms with Gasteiger partial charge >= 0.3 is 0 Å². The molecule has 1 saturated heterocycles. The molecule has 0 aliphatic carbocycles. The second-order valence-corrected chi connectivity index (χ2v) is 8.19. The fraction of sp³-hybridized carbons (Fsp3) is 0.389. The minimum atomic E-state index is -0.451. The Morgan fingerprint density at radius 1 is 1.40 bits per heavy atom. The number of nitrogens with one attached hydrogen (secondary N) is 1. The molecular formula is C18H20BrN3O2S. The van der Waals surface area contributed by atoms with Crippen LogP contribution in [-0.2, 0) is 9.59 Å². The van der Waals surface area contributed by atoms with E-state index in [1.54, 1.807) is 4.90 Å². The second-order valence-electron chi connectivity index (χ2n) is 6.42. The van der Waals surface area contributed by atoms with Crippen LogP contribution in [0.3, 0.4) is 0 Å². The van der Waals surface area contributed by atoms with Gasteiger partial charge in [-0.15, -0.1) is 11.3 Å². The third-order valence-electron chi connectivity index (χ3n) is 4.20. The van der Waals surface area contributed by atoms with E-state index in [1.807, 2.05) is 43.5 Å². The van der Waals surface area contributed by atoms with Gasteiger partial charge in [0.15, 0.2) is 5.13 Å². The molecule has 1 unspecified atom stereocenters. The molecule has 1 aliphatic rings. The second kappa shape index (κ2) is 7.66. The fourth-order valence-electron chi connectivity index (χ4n) is 3.06. The average Bonchev–Trinajstić information content (AvgIpc) is 3.17. The number of anilines is 1. The van der Waals surface area contributed by atoms with Gasteiger partial charge in [-0.1, -0.05) is 41.9 Å². The van der Waals surface area contributed by atoms with E-state index in [9.17, 15) is 9.59 Å². The maximum Gasteiger partial charge on any atom is 0.249 e. The SMILES string of the molecule is CC(C)C(C(=O)Nc1nc(-c2cccc(Br)c2)cs1)N1CCCC1=O. The van der Waals surface area contributed by atoms with E-state index >= 15 is 0 Å². The number of hydrogen-bond acceptors (Lipinski definition) is 4. The van der Waals surface area contributed by atoms with E-state index < -0.39 is 6.04 Å². The lowest BCUT2D eigenvalue weighted by molar-refractivity contribution is -0.136. The quantitative estimate of drug-likeness (QED) is 0.787. The zero-order valence-corrected chi connectivity index (χ0v) is 16.6. The standard InChI is InChI=1S/C18H20BrN3O2S/c1-11(2)16(22-8-4-7-15(22)23)17(24)21-18-20-14(10-25-18)12-5-3-6-13(19)9-12/h3,5-6,9-11,16H,4,7-8H2,1-2H3,(H,20,21,24). The van der Waals surface area contributed by atoms with Crippen molar-refractivity contribution in [1.82, 2.24) is 9.88 Å². The lowest BCUT2D eigenvalue weighted by Gasteiger charge is -2.29. The molecule has 1 aliphatic heterocycles. The summed E-state index contributed by atoms with van der Waals surface area (Å²) < 4.78 is 0.982. The molecule has 132 valence electrons. The van der Waals surface area contributed by atoms with Gasteiger partial charge in [0.05, 0.1) is 5.69 Å². The number of nitrogens with zero attached hydrogens (tertiary/aromatic N) is 2. The maximum absolute atomic E-state index is 12.7. The van der Waals surface area contributed by atoms with Crippen molar-refractivity contribution >= 4 is 44.2 Å². The van der Waals surface area contributed by atoms with E-state index in [0.29, 0.717) is 18.1 Å². The van der Waals surface area contributed by atoms with Crippen molar-refractivity contribution in [3.63, 3.8) is 0 Å².